The zero-order valence-electron chi connectivity index (χ0n) is 9.93. The van der Waals surface area contributed by atoms with Crippen molar-refractivity contribution in [2.75, 3.05) is 12.4 Å². The molecular weight excluding hydrogens is 302 g/mol. The molecule has 1 N–H and O–H groups in total. The summed E-state index contributed by atoms with van der Waals surface area (Å²) in [6, 6.07) is 1.76. The van der Waals surface area contributed by atoms with Crippen LogP contribution in [-0.2, 0) is 4.74 Å². The molecule has 2 rings (SSSR count). The van der Waals surface area contributed by atoms with Crippen LogP contribution in [0.15, 0.2) is 16.7 Å². The number of nitrogens with one attached hydrogen (secondary N) is 1. The summed E-state index contributed by atoms with van der Waals surface area (Å²) in [5.41, 5.74) is -0.0198. The number of pyridine rings is 1. The van der Waals surface area contributed by atoms with Crippen molar-refractivity contribution in [2.24, 2.45) is 0 Å². The van der Waals surface area contributed by atoms with Crippen LogP contribution < -0.4 is 5.32 Å². The van der Waals surface area contributed by atoms with E-state index in [1.165, 1.54) is 12.3 Å². The minimum atomic E-state index is -0.460. The number of aromatic nitrogens is 1. The summed E-state index contributed by atoms with van der Waals surface area (Å²) in [5.74, 6) is 0.641. The van der Waals surface area contributed by atoms with Gasteiger partial charge in [-0.05, 0) is 35.2 Å². The Bertz CT molecular complexity index is 455. The van der Waals surface area contributed by atoms with Crippen molar-refractivity contribution in [1.82, 2.24) is 4.98 Å². The molecule has 1 heterocycles. The Morgan fingerprint density at radius 1 is 1.61 bits per heavy atom. The lowest BCUT2D eigenvalue weighted by atomic mass is 10.2. The fourth-order valence-corrected chi connectivity index (χ4v) is 2.56. The minimum Gasteiger partial charge on any atom is -0.381 e. The molecule has 7 heteroatoms. The number of ether oxygens (including phenoxy) is 1. The molecule has 0 bridgehead atoms. The molecule has 1 aliphatic carbocycles. The van der Waals surface area contributed by atoms with E-state index in [2.05, 4.69) is 26.2 Å². The normalized spacial score (nSPS) is 23.0. The van der Waals surface area contributed by atoms with Crippen LogP contribution in [0.25, 0.3) is 0 Å². The van der Waals surface area contributed by atoms with E-state index in [1.807, 2.05) is 0 Å². The Balaban J connectivity index is 2.04. The smallest absolute Gasteiger partial charge is 0.288 e. The average Bonchev–Trinajstić information content (AvgIpc) is 2.79. The molecule has 1 fully saturated rings. The second-order valence-electron chi connectivity index (χ2n) is 4.29. The molecule has 1 aliphatic rings. The summed E-state index contributed by atoms with van der Waals surface area (Å²) in [4.78, 5) is 14.2. The summed E-state index contributed by atoms with van der Waals surface area (Å²) in [6.45, 7) is 0. The summed E-state index contributed by atoms with van der Waals surface area (Å²) in [7, 11) is 1.72. The molecule has 0 spiro atoms. The third-order valence-corrected chi connectivity index (χ3v) is 3.70. The highest BCUT2D eigenvalue weighted by atomic mass is 79.9. The van der Waals surface area contributed by atoms with Gasteiger partial charge in [-0.25, -0.2) is 4.98 Å². The molecule has 6 nitrogen and oxygen atoms in total. The van der Waals surface area contributed by atoms with Crippen LogP contribution in [0.5, 0.6) is 0 Å². The van der Waals surface area contributed by atoms with Crippen LogP contribution in [0.1, 0.15) is 19.3 Å². The van der Waals surface area contributed by atoms with Gasteiger partial charge in [-0.3, -0.25) is 10.1 Å². The standard InChI is InChI=1S/C11H14BrN3O3/c1-18-9-3-2-7(4-9)14-11-10(12)5-8(6-13-11)15(16)17/h5-7,9H,2-4H2,1H3,(H,13,14). The first-order chi connectivity index (χ1) is 8.60. The topological polar surface area (TPSA) is 77.3 Å². The van der Waals surface area contributed by atoms with E-state index >= 15 is 0 Å². The number of hydrogen-bond donors (Lipinski definition) is 1. The Morgan fingerprint density at radius 3 is 2.94 bits per heavy atom. The molecule has 1 aromatic rings. The van der Waals surface area contributed by atoms with Crippen LogP contribution in [0.4, 0.5) is 11.5 Å². The lowest BCUT2D eigenvalue weighted by Gasteiger charge is -2.14. The van der Waals surface area contributed by atoms with Gasteiger partial charge in [-0.2, -0.15) is 0 Å². The van der Waals surface area contributed by atoms with Crippen molar-refractivity contribution in [3.05, 3.63) is 26.9 Å². The highest BCUT2D eigenvalue weighted by Gasteiger charge is 2.25. The maximum atomic E-state index is 10.6. The molecule has 18 heavy (non-hydrogen) atoms. The SMILES string of the molecule is COC1CCC(Nc2ncc([N+](=O)[O-])cc2Br)C1. The molecule has 0 aromatic carbocycles. The lowest BCUT2D eigenvalue weighted by Crippen LogP contribution is -2.18. The van der Waals surface area contributed by atoms with Crippen LogP contribution in [-0.4, -0.2) is 29.2 Å². The van der Waals surface area contributed by atoms with Crippen molar-refractivity contribution in [3.8, 4) is 0 Å². The number of methoxy groups -OCH3 is 1. The Kier molecular flexibility index (Phi) is 4.13. The first-order valence-corrected chi connectivity index (χ1v) is 6.48. The van der Waals surface area contributed by atoms with Gasteiger partial charge in [-0.1, -0.05) is 0 Å². The molecule has 1 aromatic heterocycles. The van der Waals surface area contributed by atoms with Gasteiger partial charge in [0.2, 0.25) is 0 Å². The van der Waals surface area contributed by atoms with Crippen LogP contribution in [0.2, 0.25) is 0 Å². The second-order valence-corrected chi connectivity index (χ2v) is 5.15. The fraction of sp³-hybridized carbons (Fsp3) is 0.545. The summed E-state index contributed by atoms with van der Waals surface area (Å²) >= 11 is 3.29. The van der Waals surface area contributed by atoms with Crippen molar-refractivity contribution >= 4 is 27.4 Å². The van der Waals surface area contributed by atoms with E-state index in [0.717, 1.165) is 19.3 Å². The lowest BCUT2D eigenvalue weighted by molar-refractivity contribution is -0.385. The molecule has 0 saturated heterocycles. The maximum absolute atomic E-state index is 10.6. The van der Waals surface area contributed by atoms with E-state index in [0.29, 0.717) is 22.4 Å². The van der Waals surface area contributed by atoms with Crippen molar-refractivity contribution in [1.29, 1.82) is 0 Å². The van der Waals surface area contributed by atoms with Gasteiger partial charge in [-0.15, -0.1) is 0 Å². The van der Waals surface area contributed by atoms with Gasteiger partial charge in [0, 0.05) is 19.2 Å². The van der Waals surface area contributed by atoms with Gasteiger partial charge < -0.3 is 10.1 Å². The predicted octanol–water partition coefficient (Wildman–Crippen LogP) is 2.73. The summed E-state index contributed by atoms with van der Waals surface area (Å²) in [5, 5.41) is 13.9. The summed E-state index contributed by atoms with van der Waals surface area (Å²) in [6.07, 6.45) is 4.53. The third kappa shape index (κ3) is 2.97. The molecule has 0 radical (unpaired) electrons. The third-order valence-electron chi connectivity index (χ3n) is 3.10. The van der Waals surface area contributed by atoms with E-state index in [9.17, 15) is 10.1 Å². The number of rotatable bonds is 4. The number of anilines is 1. The molecule has 98 valence electrons. The number of hydrogen-bond acceptors (Lipinski definition) is 5. The zero-order valence-corrected chi connectivity index (χ0v) is 11.5. The van der Waals surface area contributed by atoms with E-state index in [1.54, 1.807) is 7.11 Å². The van der Waals surface area contributed by atoms with Crippen molar-refractivity contribution in [2.45, 2.75) is 31.4 Å². The van der Waals surface area contributed by atoms with Gasteiger partial charge in [0.05, 0.1) is 15.5 Å². The van der Waals surface area contributed by atoms with Gasteiger partial charge in [0.1, 0.15) is 12.0 Å². The first-order valence-electron chi connectivity index (χ1n) is 5.69. The van der Waals surface area contributed by atoms with E-state index < -0.39 is 4.92 Å². The zero-order chi connectivity index (χ0) is 13.1. The number of halogens is 1. The molecule has 2 unspecified atom stereocenters. The summed E-state index contributed by atoms with van der Waals surface area (Å²) < 4.78 is 5.91. The monoisotopic (exact) mass is 315 g/mol. The van der Waals surface area contributed by atoms with Gasteiger partial charge >= 0.3 is 0 Å². The van der Waals surface area contributed by atoms with Crippen LogP contribution in [0, 0.1) is 10.1 Å². The molecule has 2 atom stereocenters. The van der Waals surface area contributed by atoms with Gasteiger partial charge in [0.15, 0.2) is 0 Å². The first kappa shape index (κ1) is 13.2. The maximum Gasteiger partial charge on any atom is 0.288 e. The van der Waals surface area contributed by atoms with E-state index in [4.69, 9.17) is 4.74 Å². The van der Waals surface area contributed by atoms with Crippen LogP contribution in [0.3, 0.4) is 0 Å². The number of nitro groups is 1. The Hall–Kier alpha value is -1.21. The molecular formula is C11H14BrN3O3. The second kappa shape index (κ2) is 5.62. The largest absolute Gasteiger partial charge is 0.381 e. The van der Waals surface area contributed by atoms with Gasteiger partial charge in [0.25, 0.3) is 5.69 Å². The molecule has 0 aliphatic heterocycles. The predicted molar refractivity (Wildman–Crippen MR) is 70.7 cm³/mol. The molecule has 0 amide bonds. The fourth-order valence-electron chi connectivity index (χ4n) is 2.11. The highest BCUT2D eigenvalue weighted by molar-refractivity contribution is 9.10. The van der Waals surface area contributed by atoms with Crippen molar-refractivity contribution in [3.63, 3.8) is 0 Å². The van der Waals surface area contributed by atoms with E-state index in [-0.39, 0.29) is 5.69 Å². The number of nitrogens with zero attached hydrogens (tertiary/aromatic N) is 2. The van der Waals surface area contributed by atoms with Crippen LogP contribution >= 0.6 is 15.9 Å². The Morgan fingerprint density at radius 2 is 2.39 bits per heavy atom. The van der Waals surface area contributed by atoms with Crippen molar-refractivity contribution < 1.29 is 9.66 Å². The average molecular weight is 316 g/mol. The highest BCUT2D eigenvalue weighted by Crippen LogP contribution is 2.29. The quantitative estimate of drug-likeness (QED) is 0.682. The molecule has 1 saturated carbocycles. The Labute approximate surface area is 113 Å². The minimum absolute atomic E-state index is 0.0198.